The summed E-state index contributed by atoms with van der Waals surface area (Å²) in [6, 6.07) is 0. The first kappa shape index (κ1) is 17.3. The normalized spacial score (nSPS) is 27.5. The van der Waals surface area contributed by atoms with Crippen LogP contribution in [0.2, 0.25) is 0 Å². The number of hydrogen-bond donors (Lipinski definition) is 4. The maximum absolute atomic E-state index is 10.4. The molecule has 4 atom stereocenters. The van der Waals surface area contributed by atoms with Gasteiger partial charge in [0.05, 0.1) is 5.39 Å². The number of hydrogen-bond acceptors (Lipinski definition) is 7. The van der Waals surface area contributed by atoms with Crippen LogP contribution in [0.15, 0.2) is 29.1 Å². The molecule has 0 amide bonds. The molecule has 1 saturated heterocycles. The molecule has 3 heterocycles. The van der Waals surface area contributed by atoms with Crippen LogP contribution in [-0.4, -0.2) is 49.6 Å². The van der Waals surface area contributed by atoms with Crippen molar-refractivity contribution >= 4 is 32.8 Å². The van der Waals surface area contributed by atoms with E-state index >= 15 is 0 Å². The predicted octanol–water partition coefficient (Wildman–Crippen LogP) is 0.690. The Morgan fingerprint density at radius 2 is 2.12 bits per heavy atom. The van der Waals surface area contributed by atoms with Crippen molar-refractivity contribution in [2.75, 3.05) is 12.3 Å². The van der Waals surface area contributed by atoms with E-state index in [1.54, 1.807) is 16.8 Å². The molecule has 0 unspecified atom stereocenters. The first-order chi connectivity index (χ1) is 11.5. The molecule has 1 aliphatic heterocycles. The fourth-order valence-corrected chi connectivity index (χ4v) is 3.40. The van der Waals surface area contributed by atoms with E-state index in [2.05, 4.69) is 25.9 Å². The smallest absolute Gasteiger partial charge is 0.164 e. The average molecular weight is 398 g/mol. The van der Waals surface area contributed by atoms with E-state index in [1.807, 2.05) is 6.08 Å². The number of aromatic nitrogens is 3. The maximum atomic E-state index is 10.4. The second-order valence-corrected chi connectivity index (χ2v) is 6.53. The van der Waals surface area contributed by atoms with Crippen molar-refractivity contribution in [1.29, 1.82) is 0 Å². The topological polar surface area (TPSA) is 132 Å². The number of halogens is 1. The van der Waals surface area contributed by atoms with Gasteiger partial charge in [0.1, 0.15) is 36.1 Å². The fourth-order valence-electron chi connectivity index (χ4n) is 2.80. The Balaban J connectivity index is 1.88. The lowest BCUT2D eigenvalue weighted by molar-refractivity contribution is -0.0242. The number of aliphatic hydroxyl groups excluding tert-OH is 2. The molecule has 1 aliphatic rings. The molecule has 2 aromatic heterocycles. The molecule has 130 valence electrons. The van der Waals surface area contributed by atoms with E-state index < -0.39 is 24.5 Å². The van der Waals surface area contributed by atoms with Crippen molar-refractivity contribution < 1.29 is 14.9 Å². The second kappa shape index (κ2) is 7.16. The summed E-state index contributed by atoms with van der Waals surface area (Å²) < 4.78 is 8.19. The van der Waals surface area contributed by atoms with Crippen molar-refractivity contribution in [3.05, 3.63) is 29.1 Å². The van der Waals surface area contributed by atoms with Gasteiger partial charge in [-0.2, -0.15) is 0 Å². The number of anilines is 1. The summed E-state index contributed by atoms with van der Waals surface area (Å²) in [4.78, 5) is 8.18. The Hall–Kier alpha value is -1.52. The fraction of sp³-hybridized carbons (Fsp3) is 0.467. The highest BCUT2D eigenvalue weighted by Crippen LogP contribution is 2.36. The number of aliphatic hydroxyl groups is 2. The van der Waals surface area contributed by atoms with Gasteiger partial charge in [-0.15, -0.1) is 0 Å². The monoisotopic (exact) mass is 397 g/mol. The molecule has 6 N–H and O–H groups in total. The number of unbranched alkanes of at least 4 members (excludes halogenated alkanes) is 1. The quantitative estimate of drug-likeness (QED) is 0.430. The van der Waals surface area contributed by atoms with Crippen molar-refractivity contribution in [1.82, 2.24) is 14.5 Å². The number of allylic oxidation sites excluding steroid dienone is 1. The Labute approximate surface area is 147 Å². The van der Waals surface area contributed by atoms with Gasteiger partial charge < -0.3 is 31.0 Å². The Morgan fingerprint density at radius 3 is 2.88 bits per heavy atom. The van der Waals surface area contributed by atoms with Crippen molar-refractivity contribution in [3.63, 3.8) is 0 Å². The third kappa shape index (κ3) is 3.05. The molecular weight excluding hydrogens is 378 g/mol. The number of fused-ring (bicyclic) bond motifs is 1. The van der Waals surface area contributed by atoms with Crippen LogP contribution in [0.1, 0.15) is 19.1 Å². The number of rotatable bonds is 5. The van der Waals surface area contributed by atoms with Crippen LogP contribution in [-0.2, 0) is 4.74 Å². The van der Waals surface area contributed by atoms with E-state index in [4.69, 9.17) is 16.2 Å². The van der Waals surface area contributed by atoms with Gasteiger partial charge in [0.15, 0.2) is 6.23 Å². The van der Waals surface area contributed by atoms with Crippen LogP contribution in [0, 0.1) is 0 Å². The molecule has 0 saturated carbocycles. The molecular formula is C15H20BrN5O3. The summed E-state index contributed by atoms with van der Waals surface area (Å²) >= 11 is 3.42. The Morgan fingerprint density at radius 1 is 1.33 bits per heavy atom. The summed E-state index contributed by atoms with van der Waals surface area (Å²) in [5.74, 6) is 0.330. The number of nitrogens with zero attached hydrogens (tertiary/aromatic N) is 3. The highest BCUT2D eigenvalue weighted by Gasteiger charge is 2.43. The molecule has 0 bridgehead atoms. The number of nitrogens with two attached hydrogens (primary N) is 2. The van der Waals surface area contributed by atoms with Crippen LogP contribution in [0.3, 0.4) is 0 Å². The maximum Gasteiger partial charge on any atom is 0.164 e. The lowest BCUT2D eigenvalue weighted by atomic mass is 10.1. The summed E-state index contributed by atoms with van der Waals surface area (Å²) in [6.45, 7) is 0.605. The minimum absolute atomic E-state index is 0.330. The molecule has 0 spiro atoms. The predicted molar refractivity (Wildman–Crippen MR) is 93.0 cm³/mol. The molecule has 0 radical (unpaired) electrons. The molecule has 3 rings (SSSR count). The molecule has 0 aliphatic carbocycles. The summed E-state index contributed by atoms with van der Waals surface area (Å²) in [7, 11) is 0. The van der Waals surface area contributed by atoms with Gasteiger partial charge in [0.25, 0.3) is 0 Å². The van der Waals surface area contributed by atoms with E-state index in [9.17, 15) is 10.2 Å². The molecule has 9 heteroatoms. The lowest BCUT2D eigenvalue weighted by Crippen LogP contribution is -2.30. The summed E-state index contributed by atoms with van der Waals surface area (Å²) in [6.07, 6.45) is 4.90. The van der Waals surface area contributed by atoms with Gasteiger partial charge >= 0.3 is 0 Å². The Kier molecular flexibility index (Phi) is 5.16. The van der Waals surface area contributed by atoms with Crippen LogP contribution < -0.4 is 11.5 Å². The average Bonchev–Trinajstić information content (AvgIpc) is 3.04. The molecule has 2 aromatic rings. The minimum atomic E-state index is -1.09. The SMILES string of the molecule is NCCC/C=C/[C@H]1O[C@@H](n2cc(Br)c3c(N)ncnc32)[C@H](O)[C@@H]1O. The lowest BCUT2D eigenvalue weighted by Gasteiger charge is -2.17. The van der Waals surface area contributed by atoms with Gasteiger partial charge in [0.2, 0.25) is 0 Å². The molecule has 1 fully saturated rings. The Bertz CT molecular complexity index is 750. The third-order valence-corrected chi connectivity index (χ3v) is 4.64. The van der Waals surface area contributed by atoms with Gasteiger partial charge in [-0.1, -0.05) is 12.2 Å². The standard InChI is InChI=1S/C15H20BrN5O3/c16-8-6-21(14-10(8)13(18)19-7-20-14)15-12(23)11(22)9(24-15)4-2-1-3-5-17/h2,4,6-7,9,11-12,15,22-23H,1,3,5,17H2,(H2,18,19,20)/b4-2+/t9-,11-,12-,15-/m1/s1. The number of ether oxygens (including phenoxy) is 1. The molecule has 24 heavy (non-hydrogen) atoms. The van der Waals surface area contributed by atoms with Crippen molar-refractivity contribution in [2.24, 2.45) is 5.73 Å². The first-order valence-corrected chi connectivity index (χ1v) is 8.48. The summed E-state index contributed by atoms with van der Waals surface area (Å²) in [5.41, 5.74) is 11.9. The van der Waals surface area contributed by atoms with Gasteiger partial charge in [-0.3, -0.25) is 0 Å². The highest BCUT2D eigenvalue weighted by atomic mass is 79.9. The van der Waals surface area contributed by atoms with E-state index in [0.29, 0.717) is 27.9 Å². The van der Waals surface area contributed by atoms with Gasteiger partial charge in [0, 0.05) is 10.7 Å². The number of nitrogen functional groups attached to an aromatic ring is 1. The minimum Gasteiger partial charge on any atom is -0.387 e. The van der Waals surface area contributed by atoms with Gasteiger partial charge in [-0.25, -0.2) is 9.97 Å². The van der Waals surface area contributed by atoms with E-state index in [0.717, 1.165) is 12.8 Å². The van der Waals surface area contributed by atoms with Crippen LogP contribution in [0.4, 0.5) is 5.82 Å². The zero-order valence-corrected chi connectivity index (χ0v) is 14.5. The third-order valence-electron chi connectivity index (χ3n) is 4.04. The zero-order valence-electron chi connectivity index (χ0n) is 12.9. The van der Waals surface area contributed by atoms with E-state index in [-0.39, 0.29) is 0 Å². The first-order valence-electron chi connectivity index (χ1n) is 7.69. The second-order valence-electron chi connectivity index (χ2n) is 5.67. The van der Waals surface area contributed by atoms with E-state index in [1.165, 1.54) is 6.33 Å². The zero-order chi connectivity index (χ0) is 17.3. The summed E-state index contributed by atoms with van der Waals surface area (Å²) in [5, 5.41) is 21.3. The molecule has 0 aromatic carbocycles. The molecule has 8 nitrogen and oxygen atoms in total. The van der Waals surface area contributed by atoms with Crippen molar-refractivity contribution in [2.45, 2.75) is 37.4 Å². The van der Waals surface area contributed by atoms with Crippen molar-refractivity contribution in [3.8, 4) is 0 Å². The van der Waals surface area contributed by atoms with Gasteiger partial charge in [-0.05, 0) is 35.3 Å². The van der Waals surface area contributed by atoms with Crippen LogP contribution >= 0.6 is 15.9 Å². The largest absolute Gasteiger partial charge is 0.387 e. The van der Waals surface area contributed by atoms with Crippen LogP contribution in [0.25, 0.3) is 11.0 Å². The van der Waals surface area contributed by atoms with Crippen LogP contribution in [0.5, 0.6) is 0 Å². The highest BCUT2D eigenvalue weighted by molar-refractivity contribution is 9.10.